The topological polar surface area (TPSA) is 53.0 Å². The van der Waals surface area contributed by atoms with Gasteiger partial charge in [-0.05, 0) is 62.8 Å². The maximum atomic E-state index is 12.7. The van der Waals surface area contributed by atoms with Crippen LogP contribution in [0.15, 0.2) is 24.3 Å². The van der Waals surface area contributed by atoms with Crippen LogP contribution in [-0.2, 0) is 4.74 Å². The Morgan fingerprint density at radius 2 is 1.72 bits per heavy atom. The van der Waals surface area contributed by atoms with Crippen LogP contribution in [0.2, 0.25) is 0 Å². The van der Waals surface area contributed by atoms with Gasteiger partial charge in [-0.25, -0.2) is 0 Å². The number of aliphatic hydroxyl groups excluding tert-OH is 1. The van der Waals surface area contributed by atoms with Crippen LogP contribution in [0, 0.1) is 0 Å². The minimum Gasteiger partial charge on any atom is -0.396 e. The third-order valence-corrected chi connectivity index (χ3v) is 5.22. The first-order valence-electron chi connectivity index (χ1n) is 9.64. The Morgan fingerprint density at radius 1 is 1.04 bits per heavy atom. The van der Waals surface area contributed by atoms with Gasteiger partial charge in [0.1, 0.15) is 0 Å². The van der Waals surface area contributed by atoms with E-state index < -0.39 is 0 Å². The number of amides is 1. The Balaban J connectivity index is 1.49. The predicted molar refractivity (Wildman–Crippen MR) is 99.1 cm³/mol. The molecule has 2 heterocycles. The molecule has 2 fully saturated rings. The van der Waals surface area contributed by atoms with Gasteiger partial charge in [-0.2, -0.15) is 0 Å². The summed E-state index contributed by atoms with van der Waals surface area (Å²) in [5, 5.41) is 8.80. The predicted octanol–water partition coefficient (Wildman–Crippen LogP) is 2.68. The van der Waals surface area contributed by atoms with Crippen LogP contribution in [0.1, 0.15) is 48.9 Å². The van der Waals surface area contributed by atoms with E-state index in [4.69, 9.17) is 9.84 Å². The molecule has 1 amide bonds. The Kier molecular flexibility index (Phi) is 6.70. The second-order valence-corrected chi connectivity index (χ2v) is 7.03. The Bertz CT molecular complexity index is 532. The number of rotatable bonds is 6. The summed E-state index contributed by atoms with van der Waals surface area (Å²) in [6.07, 6.45) is 6.50. The summed E-state index contributed by atoms with van der Waals surface area (Å²) in [4.78, 5) is 17.0. The van der Waals surface area contributed by atoms with Gasteiger partial charge in [0.05, 0.1) is 6.10 Å². The largest absolute Gasteiger partial charge is 0.396 e. The molecule has 3 rings (SSSR count). The molecule has 0 aromatic heterocycles. The van der Waals surface area contributed by atoms with Crippen LogP contribution in [0.5, 0.6) is 0 Å². The number of ether oxygens (including phenoxy) is 1. The van der Waals surface area contributed by atoms with Gasteiger partial charge in [0.25, 0.3) is 5.91 Å². The number of nitrogens with zero attached hydrogens (tertiary/aromatic N) is 2. The van der Waals surface area contributed by atoms with Crippen molar-refractivity contribution in [2.75, 3.05) is 44.3 Å². The number of anilines is 1. The summed E-state index contributed by atoms with van der Waals surface area (Å²) in [6.45, 7) is 4.51. The molecule has 1 aromatic carbocycles. The maximum absolute atomic E-state index is 12.7. The van der Waals surface area contributed by atoms with Gasteiger partial charge < -0.3 is 19.6 Å². The van der Waals surface area contributed by atoms with E-state index in [0.29, 0.717) is 13.0 Å². The summed E-state index contributed by atoms with van der Waals surface area (Å²) in [6, 6.07) is 8.11. The van der Waals surface area contributed by atoms with Crippen LogP contribution in [0.25, 0.3) is 0 Å². The fourth-order valence-corrected chi connectivity index (χ4v) is 3.69. The van der Waals surface area contributed by atoms with Crippen LogP contribution < -0.4 is 4.90 Å². The standard InChI is InChI=1S/C20H30N2O3/c23-15-4-16-25-19-9-13-22(14-10-19)20(24)17-5-7-18(8-6-17)21-11-2-1-3-12-21/h5-8,19,23H,1-4,9-16H2. The quantitative estimate of drug-likeness (QED) is 0.805. The molecular weight excluding hydrogens is 316 g/mol. The van der Waals surface area contributed by atoms with Crippen molar-refractivity contribution in [2.24, 2.45) is 0 Å². The SMILES string of the molecule is O=C(c1ccc(N2CCCCC2)cc1)N1CCC(OCCCO)CC1. The minimum absolute atomic E-state index is 0.124. The van der Waals surface area contributed by atoms with Crippen LogP contribution in [0.4, 0.5) is 5.69 Å². The van der Waals surface area contributed by atoms with Gasteiger partial charge in [0, 0.05) is 50.6 Å². The molecule has 1 aromatic rings. The van der Waals surface area contributed by atoms with E-state index >= 15 is 0 Å². The maximum Gasteiger partial charge on any atom is 0.253 e. The van der Waals surface area contributed by atoms with Gasteiger partial charge in [0.15, 0.2) is 0 Å². The number of hydrogen-bond acceptors (Lipinski definition) is 4. The lowest BCUT2D eigenvalue weighted by atomic mass is 10.1. The molecule has 0 spiro atoms. The van der Waals surface area contributed by atoms with E-state index in [2.05, 4.69) is 17.0 Å². The molecule has 0 bridgehead atoms. The molecule has 0 radical (unpaired) electrons. The van der Waals surface area contributed by atoms with Crippen molar-refractivity contribution in [3.8, 4) is 0 Å². The molecule has 1 N–H and O–H groups in total. The zero-order valence-electron chi connectivity index (χ0n) is 15.0. The van der Waals surface area contributed by atoms with Crippen molar-refractivity contribution in [2.45, 2.75) is 44.6 Å². The molecule has 5 heteroatoms. The smallest absolute Gasteiger partial charge is 0.253 e. The summed E-state index contributed by atoms with van der Waals surface area (Å²) < 4.78 is 5.74. The number of benzene rings is 1. The molecule has 2 aliphatic rings. The zero-order chi connectivity index (χ0) is 17.5. The highest BCUT2D eigenvalue weighted by atomic mass is 16.5. The van der Waals surface area contributed by atoms with Gasteiger partial charge in [-0.1, -0.05) is 0 Å². The van der Waals surface area contributed by atoms with E-state index in [0.717, 1.165) is 44.6 Å². The van der Waals surface area contributed by atoms with E-state index in [9.17, 15) is 4.79 Å². The summed E-state index contributed by atoms with van der Waals surface area (Å²) >= 11 is 0. The van der Waals surface area contributed by atoms with E-state index in [1.807, 2.05) is 17.0 Å². The highest BCUT2D eigenvalue weighted by molar-refractivity contribution is 5.94. The Labute approximate surface area is 150 Å². The zero-order valence-corrected chi connectivity index (χ0v) is 15.0. The highest BCUT2D eigenvalue weighted by Crippen LogP contribution is 2.22. The molecule has 0 aliphatic carbocycles. The third-order valence-electron chi connectivity index (χ3n) is 5.22. The van der Waals surface area contributed by atoms with Gasteiger partial charge in [0.2, 0.25) is 0 Å². The van der Waals surface area contributed by atoms with Crippen molar-refractivity contribution in [1.29, 1.82) is 0 Å². The number of carbonyl (C=O) groups is 1. The lowest BCUT2D eigenvalue weighted by molar-refractivity contribution is 0.00398. The number of likely N-dealkylation sites (tertiary alicyclic amines) is 1. The Hall–Kier alpha value is -1.59. The van der Waals surface area contributed by atoms with Gasteiger partial charge in [-0.3, -0.25) is 4.79 Å². The second-order valence-electron chi connectivity index (χ2n) is 7.03. The third kappa shape index (κ3) is 4.95. The van der Waals surface area contributed by atoms with Crippen LogP contribution >= 0.6 is 0 Å². The molecule has 2 aliphatic heterocycles. The van der Waals surface area contributed by atoms with E-state index in [1.165, 1.54) is 24.9 Å². The average molecular weight is 346 g/mol. The van der Waals surface area contributed by atoms with Crippen LogP contribution in [-0.4, -0.2) is 61.4 Å². The monoisotopic (exact) mass is 346 g/mol. The lowest BCUT2D eigenvalue weighted by Gasteiger charge is -2.32. The first kappa shape index (κ1) is 18.2. The van der Waals surface area contributed by atoms with Crippen molar-refractivity contribution in [3.63, 3.8) is 0 Å². The van der Waals surface area contributed by atoms with Crippen molar-refractivity contribution in [1.82, 2.24) is 4.90 Å². The molecule has 138 valence electrons. The van der Waals surface area contributed by atoms with Crippen molar-refractivity contribution in [3.05, 3.63) is 29.8 Å². The minimum atomic E-state index is 0.124. The van der Waals surface area contributed by atoms with Gasteiger partial charge in [-0.15, -0.1) is 0 Å². The molecule has 5 nitrogen and oxygen atoms in total. The van der Waals surface area contributed by atoms with Crippen molar-refractivity contribution < 1.29 is 14.6 Å². The van der Waals surface area contributed by atoms with Crippen molar-refractivity contribution >= 4 is 11.6 Å². The van der Waals surface area contributed by atoms with E-state index in [1.54, 1.807) is 0 Å². The lowest BCUT2D eigenvalue weighted by Crippen LogP contribution is -2.41. The van der Waals surface area contributed by atoms with Gasteiger partial charge >= 0.3 is 0 Å². The molecule has 0 saturated carbocycles. The fraction of sp³-hybridized carbons (Fsp3) is 0.650. The summed E-state index contributed by atoms with van der Waals surface area (Å²) in [5.74, 6) is 0.124. The summed E-state index contributed by atoms with van der Waals surface area (Å²) in [7, 11) is 0. The number of hydrogen-bond donors (Lipinski definition) is 1. The number of piperidine rings is 2. The first-order valence-corrected chi connectivity index (χ1v) is 9.64. The van der Waals surface area contributed by atoms with E-state index in [-0.39, 0.29) is 18.6 Å². The summed E-state index contributed by atoms with van der Waals surface area (Å²) in [5.41, 5.74) is 2.01. The first-order chi connectivity index (χ1) is 12.3. The molecule has 0 atom stereocenters. The second kappa shape index (κ2) is 9.20. The normalized spacial score (nSPS) is 19.2. The fourth-order valence-electron chi connectivity index (χ4n) is 3.69. The Morgan fingerprint density at radius 3 is 2.36 bits per heavy atom. The number of carbonyl (C=O) groups excluding carboxylic acids is 1. The molecule has 0 unspecified atom stereocenters. The van der Waals surface area contributed by atoms with Crippen LogP contribution in [0.3, 0.4) is 0 Å². The highest BCUT2D eigenvalue weighted by Gasteiger charge is 2.24. The molecular formula is C20H30N2O3. The molecule has 25 heavy (non-hydrogen) atoms. The number of aliphatic hydroxyl groups is 1. The average Bonchev–Trinajstić information content (AvgIpc) is 2.69. The molecule has 2 saturated heterocycles.